The van der Waals surface area contributed by atoms with Gasteiger partial charge in [0.05, 0.1) is 29.5 Å². The summed E-state index contributed by atoms with van der Waals surface area (Å²) in [6.45, 7) is 6.06. The first-order valence-electron chi connectivity index (χ1n) is 8.72. The van der Waals surface area contributed by atoms with Gasteiger partial charge >= 0.3 is 0 Å². The van der Waals surface area contributed by atoms with Crippen molar-refractivity contribution >= 4 is 0 Å². The maximum Gasteiger partial charge on any atom is 0.125 e. The van der Waals surface area contributed by atoms with E-state index in [1.165, 1.54) is 12.1 Å². The van der Waals surface area contributed by atoms with Gasteiger partial charge in [-0.1, -0.05) is 6.07 Å². The van der Waals surface area contributed by atoms with E-state index < -0.39 is 0 Å². The molecule has 27 heavy (non-hydrogen) atoms. The molecule has 0 fully saturated rings. The fourth-order valence-corrected chi connectivity index (χ4v) is 3.33. The Morgan fingerprint density at radius 2 is 1.52 bits per heavy atom. The molecule has 4 rings (SSSR count). The molecule has 0 amide bonds. The van der Waals surface area contributed by atoms with Crippen molar-refractivity contribution in [3.8, 4) is 28.2 Å². The Kier molecular flexibility index (Phi) is 3.95. The highest BCUT2D eigenvalue weighted by Crippen LogP contribution is 2.35. The molecule has 0 unspecified atom stereocenters. The molecule has 0 bridgehead atoms. The Morgan fingerprint density at radius 1 is 0.889 bits per heavy atom. The molecule has 0 saturated carbocycles. The lowest BCUT2D eigenvalue weighted by molar-refractivity contribution is 0.625. The van der Waals surface area contributed by atoms with Crippen LogP contribution in [0, 0.1) is 26.6 Å². The summed E-state index contributed by atoms with van der Waals surface area (Å²) < 4.78 is 19.3. The van der Waals surface area contributed by atoms with Crippen LogP contribution in [-0.4, -0.2) is 29.3 Å². The summed E-state index contributed by atoms with van der Waals surface area (Å²) in [5, 5.41) is 13.6. The second kappa shape index (κ2) is 6.19. The van der Waals surface area contributed by atoms with Crippen LogP contribution in [0.2, 0.25) is 0 Å². The lowest BCUT2D eigenvalue weighted by Gasteiger charge is -2.08. The third-order valence-electron chi connectivity index (χ3n) is 5.16. The largest absolute Gasteiger partial charge is 0.272 e. The number of halogens is 1. The molecule has 0 radical (unpaired) electrons. The van der Waals surface area contributed by atoms with Crippen LogP contribution in [0.25, 0.3) is 28.2 Å². The van der Waals surface area contributed by atoms with Crippen molar-refractivity contribution < 1.29 is 4.39 Å². The summed E-state index contributed by atoms with van der Waals surface area (Å²) in [6.07, 6.45) is 3.65. The molecule has 6 nitrogen and oxygen atoms in total. The molecule has 3 aromatic heterocycles. The van der Waals surface area contributed by atoms with Gasteiger partial charge in [-0.2, -0.15) is 15.3 Å². The molecule has 4 aromatic rings. The zero-order valence-corrected chi connectivity index (χ0v) is 16.0. The highest BCUT2D eigenvalue weighted by Gasteiger charge is 2.23. The van der Waals surface area contributed by atoms with Gasteiger partial charge < -0.3 is 0 Å². The van der Waals surface area contributed by atoms with E-state index in [9.17, 15) is 4.39 Å². The number of benzene rings is 1. The predicted molar refractivity (Wildman–Crippen MR) is 102 cm³/mol. The Balaban J connectivity index is 2.04. The van der Waals surface area contributed by atoms with Crippen molar-refractivity contribution in [1.82, 2.24) is 29.3 Å². The monoisotopic (exact) mass is 364 g/mol. The van der Waals surface area contributed by atoms with Crippen LogP contribution in [0.3, 0.4) is 0 Å². The minimum Gasteiger partial charge on any atom is -0.272 e. The number of hydrogen-bond acceptors (Lipinski definition) is 3. The first kappa shape index (κ1) is 17.2. The third kappa shape index (κ3) is 2.66. The van der Waals surface area contributed by atoms with Crippen LogP contribution >= 0.6 is 0 Å². The zero-order chi connectivity index (χ0) is 19.3. The van der Waals surface area contributed by atoms with Gasteiger partial charge in [-0.3, -0.25) is 9.36 Å². The van der Waals surface area contributed by atoms with Crippen molar-refractivity contribution in [3.63, 3.8) is 0 Å². The van der Waals surface area contributed by atoms with Gasteiger partial charge in [0.1, 0.15) is 5.82 Å². The van der Waals surface area contributed by atoms with Gasteiger partial charge in [0.2, 0.25) is 0 Å². The van der Waals surface area contributed by atoms with E-state index in [2.05, 4.69) is 10.2 Å². The van der Waals surface area contributed by atoms with Gasteiger partial charge in [0, 0.05) is 42.2 Å². The lowest BCUT2D eigenvalue weighted by atomic mass is 10.0. The molecule has 0 aliphatic carbocycles. The van der Waals surface area contributed by atoms with E-state index in [0.29, 0.717) is 5.69 Å². The Labute approximate surface area is 156 Å². The topological polar surface area (TPSA) is 53.5 Å². The van der Waals surface area contributed by atoms with E-state index in [-0.39, 0.29) is 5.82 Å². The minimum absolute atomic E-state index is 0.298. The highest BCUT2D eigenvalue weighted by molar-refractivity contribution is 5.77. The fraction of sp³-hybridized carbons (Fsp3) is 0.250. The number of aromatic nitrogens is 6. The van der Waals surface area contributed by atoms with Crippen LogP contribution in [0.15, 0.2) is 36.7 Å². The predicted octanol–water partition coefficient (Wildman–Crippen LogP) is 3.74. The molecular formula is C20H21FN6. The van der Waals surface area contributed by atoms with Gasteiger partial charge in [0.25, 0.3) is 0 Å². The molecule has 0 saturated heterocycles. The van der Waals surface area contributed by atoms with Gasteiger partial charge in [0.15, 0.2) is 0 Å². The van der Waals surface area contributed by atoms with Gasteiger partial charge in [-0.05, 0) is 39.0 Å². The smallest absolute Gasteiger partial charge is 0.125 e. The molecule has 0 atom stereocenters. The van der Waals surface area contributed by atoms with Crippen molar-refractivity contribution in [2.24, 2.45) is 14.1 Å². The van der Waals surface area contributed by atoms with E-state index in [1.807, 2.05) is 62.7 Å². The highest BCUT2D eigenvalue weighted by atomic mass is 19.1. The number of rotatable bonds is 3. The Bertz CT molecular complexity index is 1150. The number of hydrogen-bond donors (Lipinski definition) is 0. The molecule has 0 N–H and O–H groups in total. The van der Waals surface area contributed by atoms with Crippen LogP contribution < -0.4 is 0 Å². The molecule has 7 heteroatoms. The first-order chi connectivity index (χ1) is 12.9. The molecule has 138 valence electrons. The average Bonchev–Trinajstić information content (AvgIpc) is 3.26. The second-order valence-electron chi connectivity index (χ2n) is 6.75. The maximum absolute atomic E-state index is 13.9. The van der Waals surface area contributed by atoms with E-state index in [4.69, 9.17) is 5.10 Å². The quantitative estimate of drug-likeness (QED) is 0.556. The molecule has 0 aliphatic rings. The molecule has 0 aliphatic heterocycles. The van der Waals surface area contributed by atoms with E-state index in [1.54, 1.807) is 10.7 Å². The van der Waals surface area contributed by atoms with Crippen molar-refractivity contribution in [2.75, 3.05) is 0 Å². The average molecular weight is 364 g/mol. The second-order valence-corrected chi connectivity index (χ2v) is 6.75. The summed E-state index contributed by atoms with van der Waals surface area (Å²) in [5.41, 5.74) is 7.40. The van der Waals surface area contributed by atoms with Crippen LogP contribution in [0.1, 0.15) is 17.0 Å². The summed E-state index contributed by atoms with van der Waals surface area (Å²) >= 11 is 0. The van der Waals surface area contributed by atoms with Crippen LogP contribution in [0.5, 0.6) is 0 Å². The fourth-order valence-electron chi connectivity index (χ4n) is 3.33. The van der Waals surface area contributed by atoms with Crippen LogP contribution in [-0.2, 0) is 14.1 Å². The third-order valence-corrected chi connectivity index (χ3v) is 5.16. The van der Waals surface area contributed by atoms with Crippen molar-refractivity contribution in [3.05, 3.63) is 59.4 Å². The van der Waals surface area contributed by atoms with Gasteiger partial charge in [-0.15, -0.1) is 0 Å². The van der Waals surface area contributed by atoms with Crippen molar-refractivity contribution in [1.29, 1.82) is 0 Å². The summed E-state index contributed by atoms with van der Waals surface area (Å²) in [5.74, 6) is -0.298. The molecule has 1 aromatic carbocycles. The minimum atomic E-state index is -0.298. The van der Waals surface area contributed by atoms with E-state index in [0.717, 1.165) is 39.5 Å². The summed E-state index contributed by atoms with van der Waals surface area (Å²) in [7, 11) is 3.81. The number of aryl methyl sites for hydroxylation is 2. The molecular weight excluding hydrogens is 343 g/mol. The Hall–Kier alpha value is -3.22. The van der Waals surface area contributed by atoms with Gasteiger partial charge in [-0.25, -0.2) is 9.07 Å². The van der Waals surface area contributed by atoms with E-state index >= 15 is 0 Å². The first-order valence-corrected chi connectivity index (χ1v) is 8.72. The van der Waals surface area contributed by atoms with Crippen molar-refractivity contribution in [2.45, 2.75) is 20.8 Å². The molecule has 3 heterocycles. The summed E-state index contributed by atoms with van der Waals surface area (Å²) in [6, 6.07) is 6.46. The summed E-state index contributed by atoms with van der Waals surface area (Å²) in [4.78, 5) is 0. The molecule has 0 spiro atoms. The zero-order valence-electron chi connectivity index (χ0n) is 16.0. The normalized spacial score (nSPS) is 11.3. The SMILES string of the molecule is Cc1c(-c2cnn(C)c2C)nn(-c2cccc(F)c2)c1-c1cnn(C)c1C. The standard InChI is InChI=1S/C20H21FN6/c1-12-19(17-10-22-25(4)13(17)2)24-27(16-8-6-7-15(21)9-16)20(12)18-11-23-26(5)14(18)3/h6-11H,1-5H3. The number of nitrogens with zero attached hydrogens (tertiary/aromatic N) is 6. The Morgan fingerprint density at radius 3 is 2.07 bits per heavy atom. The maximum atomic E-state index is 13.9. The van der Waals surface area contributed by atoms with Crippen LogP contribution in [0.4, 0.5) is 4.39 Å². The lowest BCUT2D eigenvalue weighted by Crippen LogP contribution is -2.01.